The van der Waals surface area contributed by atoms with Crippen LogP contribution in [0.1, 0.15) is 42.7 Å². The van der Waals surface area contributed by atoms with Crippen LogP contribution >= 0.6 is 0 Å². The van der Waals surface area contributed by atoms with Crippen molar-refractivity contribution >= 4 is 34.7 Å². The summed E-state index contributed by atoms with van der Waals surface area (Å²) in [5.41, 5.74) is 3.64. The molecule has 1 aromatic heterocycles. The molecule has 29 heavy (non-hydrogen) atoms. The van der Waals surface area contributed by atoms with E-state index in [-0.39, 0.29) is 17.5 Å². The van der Waals surface area contributed by atoms with Crippen molar-refractivity contribution in [1.29, 1.82) is 0 Å². The molecule has 0 aliphatic carbocycles. The zero-order chi connectivity index (χ0) is 20.8. The fourth-order valence-corrected chi connectivity index (χ4v) is 2.68. The van der Waals surface area contributed by atoms with Crippen LogP contribution in [0.2, 0.25) is 0 Å². The number of nitrogens with zero attached hydrogens (tertiary/aromatic N) is 2. The number of carbonyl (C=O) groups excluding carboxylic acids is 2. The Labute approximate surface area is 169 Å². The third-order valence-corrected chi connectivity index (χ3v) is 4.21. The first-order valence-corrected chi connectivity index (χ1v) is 9.29. The fraction of sp³-hybridized carbons (Fsp3) is 0.182. The number of aromatic nitrogens is 2. The summed E-state index contributed by atoms with van der Waals surface area (Å²) in [6.07, 6.45) is 1.35. The first kappa shape index (κ1) is 20.0. The maximum atomic E-state index is 12.5. The van der Waals surface area contributed by atoms with Crippen molar-refractivity contribution in [2.24, 2.45) is 0 Å². The van der Waals surface area contributed by atoms with E-state index < -0.39 is 0 Å². The molecule has 0 aliphatic heterocycles. The van der Waals surface area contributed by atoms with Gasteiger partial charge in [0.1, 0.15) is 17.8 Å². The molecule has 7 heteroatoms. The lowest BCUT2D eigenvalue weighted by atomic mass is 10.0. The first-order valence-electron chi connectivity index (χ1n) is 9.29. The summed E-state index contributed by atoms with van der Waals surface area (Å²) in [7, 11) is 0. The number of carbonyl (C=O) groups is 2. The molecule has 3 N–H and O–H groups in total. The van der Waals surface area contributed by atoms with Gasteiger partial charge in [0.2, 0.25) is 5.91 Å². The van der Waals surface area contributed by atoms with E-state index >= 15 is 0 Å². The molecule has 0 saturated heterocycles. The van der Waals surface area contributed by atoms with Gasteiger partial charge in [-0.05, 0) is 47.9 Å². The van der Waals surface area contributed by atoms with Gasteiger partial charge in [-0.25, -0.2) is 9.97 Å². The van der Waals surface area contributed by atoms with Crippen molar-refractivity contribution in [3.63, 3.8) is 0 Å². The highest BCUT2D eigenvalue weighted by molar-refractivity contribution is 6.03. The van der Waals surface area contributed by atoms with Crippen LogP contribution in [0.4, 0.5) is 22.9 Å². The topological polar surface area (TPSA) is 96.0 Å². The summed E-state index contributed by atoms with van der Waals surface area (Å²) < 4.78 is 0. The summed E-state index contributed by atoms with van der Waals surface area (Å²) in [6, 6.07) is 16.5. The molecule has 3 aromatic rings. The number of nitrogens with one attached hydrogen (secondary N) is 3. The molecular weight excluding hydrogens is 366 g/mol. The van der Waals surface area contributed by atoms with Crippen LogP contribution in [0.5, 0.6) is 0 Å². The van der Waals surface area contributed by atoms with E-state index in [0.717, 1.165) is 5.69 Å². The predicted octanol–water partition coefficient (Wildman–Crippen LogP) is 4.55. The van der Waals surface area contributed by atoms with Gasteiger partial charge in [0.25, 0.3) is 5.91 Å². The van der Waals surface area contributed by atoms with Crippen LogP contribution in [0.25, 0.3) is 0 Å². The van der Waals surface area contributed by atoms with Gasteiger partial charge in [-0.3, -0.25) is 9.59 Å². The zero-order valence-electron chi connectivity index (χ0n) is 16.6. The van der Waals surface area contributed by atoms with E-state index in [4.69, 9.17) is 0 Å². The Bertz CT molecular complexity index is 998. The summed E-state index contributed by atoms with van der Waals surface area (Å²) in [5, 5.41) is 8.64. The Kier molecular flexibility index (Phi) is 6.19. The zero-order valence-corrected chi connectivity index (χ0v) is 16.6. The molecule has 0 radical (unpaired) electrons. The predicted molar refractivity (Wildman–Crippen MR) is 115 cm³/mol. The monoisotopic (exact) mass is 389 g/mol. The van der Waals surface area contributed by atoms with Gasteiger partial charge < -0.3 is 16.0 Å². The fourth-order valence-electron chi connectivity index (χ4n) is 2.68. The minimum Gasteiger partial charge on any atom is -0.340 e. The lowest BCUT2D eigenvalue weighted by Gasteiger charge is -2.10. The van der Waals surface area contributed by atoms with Gasteiger partial charge in [0.05, 0.1) is 0 Å². The highest BCUT2D eigenvalue weighted by Crippen LogP contribution is 2.20. The van der Waals surface area contributed by atoms with Crippen molar-refractivity contribution in [2.75, 3.05) is 16.0 Å². The van der Waals surface area contributed by atoms with Crippen molar-refractivity contribution in [1.82, 2.24) is 9.97 Å². The summed E-state index contributed by atoms with van der Waals surface area (Å²) in [5.74, 6) is 0.494. The molecule has 0 aliphatic rings. The standard InChI is InChI=1S/C22H23N5O2/c1-14(2)16-4-6-18(7-5-16)26-21-12-20(23-13-24-21)22(29)27-19-10-8-17(9-11-19)25-15(3)28/h4-14H,1-3H3,(H,25,28)(H,27,29)(H,23,24,26). The van der Waals surface area contributed by atoms with Crippen molar-refractivity contribution < 1.29 is 9.59 Å². The molecular formula is C22H23N5O2. The van der Waals surface area contributed by atoms with E-state index in [9.17, 15) is 9.59 Å². The Hall–Kier alpha value is -3.74. The number of amides is 2. The van der Waals surface area contributed by atoms with Crippen molar-refractivity contribution in [3.05, 3.63) is 72.2 Å². The largest absolute Gasteiger partial charge is 0.340 e. The third-order valence-electron chi connectivity index (χ3n) is 4.21. The number of rotatable bonds is 6. The van der Waals surface area contributed by atoms with Gasteiger partial charge >= 0.3 is 0 Å². The molecule has 1 heterocycles. The van der Waals surface area contributed by atoms with E-state index in [2.05, 4.69) is 51.9 Å². The minimum absolute atomic E-state index is 0.151. The van der Waals surface area contributed by atoms with E-state index in [1.165, 1.54) is 18.8 Å². The lowest BCUT2D eigenvalue weighted by Crippen LogP contribution is -2.14. The molecule has 0 fully saturated rings. The normalized spacial score (nSPS) is 10.5. The van der Waals surface area contributed by atoms with Crippen molar-refractivity contribution in [3.8, 4) is 0 Å². The van der Waals surface area contributed by atoms with Crippen LogP contribution in [0, 0.1) is 0 Å². The molecule has 0 unspecified atom stereocenters. The number of anilines is 4. The van der Waals surface area contributed by atoms with Crippen LogP contribution in [0.3, 0.4) is 0 Å². The second-order valence-electron chi connectivity index (χ2n) is 6.90. The molecule has 0 bridgehead atoms. The van der Waals surface area contributed by atoms with Crippen LogP contribution < -0.4 is 16.0 Å². The molecule has 7 nitrogen and oxygen atoms in total. The second kappa shape index (κ2) is 8.97. The Balaban J connectivity index is 1.66. The third kappa shape index (κ3) is 5.62. The minimum atomic E-state index is -0.349. The molecule has 3 rings (SSSR count). The number of benzene rings is 2. The number of hydrogen-bond acceptors (Lipinski definition) is 5. The van der Waals surface area contributed by atoms with E-state index in [1.54, 1.807) is 30.3 Å². The van der Waals surface area contributed by atoms with Gasteiger partial charge in [-0.2, -0.15) is 0 Å². The molecule has 0 saturated carbocycles. The Morgan fingerprint density at radius 1 is 0.828 bits per heavy atom. The first-order chi connectivity index (χ1) is 13.9. The lowest BCUT2D eigenvalue weighted by molar-refractivity contribution is -0.114. The highest BCUT2D eigenvalue weighted by Gasteiger charge is 2.10. The SMILES string of the molecule is CC(=O)Nc1ccc(NC(=O)c2cc(Nc3ccc(C(C)C)cc3)ncn2)cc1. The molecule has 0 spiro atoms. The van der Waals surface area contributed by atoms with E-state index in [1.807, 2.05) is 12.1 Å². The molecule has 148 valence electrons. The van der Waals surface area contributed by atoms with E-state index in [0.29, 0.717) is 23.1 Å². The smallest absolute Gasteiger partial charge is 0.274 e. The average Bonchev–Trinajstić information content (AvgIpc) is 2.70. The maximum Gasteiger partial charge on any atom is 0.274 e. The number of hydrogen-bond donors (Lipinski definition) is 3. The van der Waals surface area contributed by atoms with Gasteiger partial charge in [0, 0.05) is 30.1 Å². The van der Waals surface area contributed by atoms with Crippen molar-refractivity contribution in [2.45, 2.75) is 26.7 Å². The summed E-state index contributed by atoms with van der Waals surface area (Å²) >= 11 is 0. The van der Waals surface area contributed by atoms with Gasteiger partial charge in [-0.15, -0.1) is 0 Å². The maximum absolute atomic E-state index is 12.5. The Morgan fingerprint density at radius 2 is 1.41 bits per heavy atom. The second-order valence-corrected chi connectivity index (χ2v) is 6.90. The molecule has 2 aromatic carbocycles. The Morgan fingerprint density at radius 3 is 2.00 bits per heavy atom. The van der Waals surface area contributed by atoms with Gasteiger partial charge in [-0.1, -0.05) is 26.0 Å². The summed E-state index contributed by atoms with van der Waals surface area (Å²) in [4.78, 5) is 31.8. The average molecular weight is 389 g/mol. The molecule has 2 amide bonds. The van der Waals surface area contributed by atoms with Crippen LogP contribution in [0.15, 0.2) is 60.9 Å². The van der Waals surface area contributed by atoms with Crippen LogP contribution in [-0.2, 0) is 4.79 Å². The molecule has 0 atom stereocenters. The van der Waals surface area contributed by atoms with Gasteiger partial charge in [0.15, 0.2) is 0 Å². The summed E-state index contributed by atoms with van der Waals surface area (Å²) in [6.45, 7) is 5.73. The highest BCUT2D eigenvalue weighted by atomic mass is 16.2. The quantitative estimate of drug-likeness (QED) is 0.575. The van der Waals surface area contributed by atoms with Crippen LogP contribution in [-0.4, -0.2) is 21.8 Å².